The van der Waals surface area contributed by atoms with Crippen LogP contribution >= 0.6 is 35.1 Å². The van der Waals surface area contributed by atoms with E-state index < -0.39 is 5.97 Å². The molecule has 1 fully saturated rings. The van der Waals surface area contributed by atoms with Gasteiger partial charge in [0.05, 0.1) is 28.4 Å². The lowest BCUT2D eigenvalue weighted by Gasteiger charge is -2.18. The molecule has 3 nitrogen and oxygen atoms in total. The summed E-state index contributed by atoms with van der Waals surface area (Å²) in [6, 6.07) is 3.28. The third-order valence-electron chi connectivity index (χ3n) is 2.46. The van der Waals surface area contributed by atoms with Crippen LogP contribution in [-0.4, -0.2) is 25.4 Å². The molecule has 0 amide bonds. The van der Waals surface area contributed by atoms with Gasteiger partial charge in [-0.25, -0.2) is 4.79 Å². The highest BCUT2D eigenvalue weighted by Gasteiger charge is 2.20. The van der Waals surface area contributed by atoms with Crippen LogP contribution in [0.15, 0.2) is 12.1 Å². The van der Waals surface area contributed by atoms with E-state index in [-0.39, 0.29) is 0 Å². The fourth-order valence-electron chi connectivity index (χ4n) is 1.63. The van der Waals surface area contributed by atoms with Crippen molar-refractivity contribution in [1.29, 1.82) is 0 Å². The maximum absolute atomic E-state index is 11.5. The molecule has 1 saturated heterocycles. The molecule has 0 atom stereocenters. The number of hydrogen-bond donors (Lipinski definition) is 0. The van der Waals surface area contributed by atoms with E-state index in [1.165, 1.54) is 7.11 Å². The van der Waals surface area contributed by atoms with Crippen molar-refractivity contribution in [1.82, 2.24) is 0 Å². The summed E-state index contributed by atoms with van der Waals surface area (Å²) in [5.41, 5.74) is 1.17. The van der Waals surface area contributed by atoms with Crippen LogP contribution in [0.3, 0.4) is 0 Å². The zero-order valence-corrected chi connectivity index (χ0v) is 11.5. The normalized spacial score (nSPS) is 15.1. The second-order valence-electron chi connectivity index (χ2n) is 3.56. The van der Waals surface area contributed by atoms with Crippen molar-refractivity contribution in [2.45, 2.75) is 6.42 Å². The Balaban J connectivity index is 2.41. The van der Waals surface area contributed by atoms with Crippen molar-refractivity contribution in [3.05, 3.63) is 27.7 Å². The maximum Gasteiger partial charge on any atom is 0.339 e. The summed E-state index contributed by atoms with van der Waals surface area (Å²) in [5, 5.41) is 0.867. The monoisotopic (exact) mass is 291 g/mol. The number of carbonyl (C=O) groups is 1. The van der Waals surface area contributed by atoms with Gasteiger partial charge in [-0.1, -0.05) is 23.2 Å². The Kier molecular flexibility index (Phi) is 4.07. The van der Waals surface area contributed by atoms with Gasteiger partial charge in [0.15, 0.2) is 0 Å². The number of hydrogen-bond acceptors (Lipinski definition) is 4. The molecule has 1 aromatic rings. The number of ether oxygens (including phenoxy) is 1. The highest BCUT2D eigenvalue weighted by Crippen LogP contribution is 2.37. The Morgan fingerprint density at radius 2 is 2.18 bits per heavy atom. The van der Waals surface area contributed by atoms with Gasteiger partial charge in [0, 0.05) is 12.3 Å². The SMILES string of the molecule is COC(=O)c1cc(N2CCCS2)c(Cl)cc1Cl. The molecule has 0 bridgehead atoms. The average Bonchev–Trinajstić information content (AvgIpc) is 2.81. The van der Waals surface area contributed by atoms with Crippen molar-refractivity contribution >= 4 is 46.8 Å². The Morgan fingerprint density at radius 3 is 2.76 bits per heavy atom. The molecule has 0 aromatic heterocycles. The second kappa shape index (κ2) is 5.38. The third kappa shape index (κ3) is 2.64. The van der Waals surface area contributed by atoms with Crippen LogP contribution in [0.4, 0.5) is 5.69 Å². The number of methoxy groups -OCH3 is 1. The number of benzene rings is 1. The maximum atomic E-state index is 11.5. The van der Waals surface area contributed by atoms with Gasteiger partial charge in [-0.15, -0.1) is 0 Å². The first kappa shape index (κ1) is 12.9. The number of rotatable bonds is 2. The van der Waals surface area contributed by atoms with E-state index in [1.807, 2.05) is 0 Å². The summed E-state index contributed by atoms with van der Waals surface area (Å²) >= 11 is 13.8. The molecule has 6 heteroatoms. The zero-order chi connectivity index (χ0) is 12.4. The Bertz CT molecular complexity index is 447. The first-order valence-corrected chi connectivity index (χ1v) is 6.81. The first-order valence-electron chi connectivity index (χ1n) is 5.11. The minimum absolute atomic E-state index is 0.315. The Labute approximate surface area is 114 Å². The topological polar surface area (TPSA) is 29.5 Å². The van der Waals surface area contributed by atoms with Gasteiger partial charge in [-0.05, 0) is 30.5 Å². The van der Waals surface area contributed by atoms with E-state index in [0.717, 1.165) is 24.4 Å². The number of esters is 1. The number of anilines is 1. The van der Waals surface area contributed by atoms with E-state index >= 15 is 0 Å². The summed E-state index contributed by atoms with van der Waals surface area (Å²) in [5.74, 6) is 0.615. The molecular formula is C11H11Cl2NO2S. The predicted molar refractivity (Wildman–Crippen MR) is 72.2 cm³/mol. The van der Waals surface area contributed by atoms with Gasteiger partial charge in [0.1, 0.15) is 0 Å². The van der Waals surface area contributed by atoms with Gasteiger partial charge in [0.2, 0.25) is 0 Å². The van der Waals surface area contributed by atoms with Gasteiger partial charge < -0.3 is 9.04 Å². The molecule has 0 radical (unpaired) electrons. The fraction of sp³-hybridized carbons (Fsp3) is 0.364. The van der Waals surface area contributed by atoms with Gasteiger partial charge in [-0.2, -0.15) is 0 Å². The number of carbonyl (C=O) groups excluding carboxylic acids is 1. The molecule has 1 heterocycles. The lowest BCUT2D eigenvalue weighted by atomic mass is 10.2. The minimum atomic E-state index is -0.447. The van der Waals surface area contributed by atoms with Crippen LogP contribution in [0.1, 0.15) is 16.8 Å². The molecular weight excluding hydrogens is 281 g/mol. The lowest BCUT2D eigenvalue weighted by molar-refractivity contribution is 0.0601. The molecule has 0 N–H and O–H groups in total. The van der Waals surface area contributed by atoms with Crippen molar-refractivity contribution in [3.8, 4) is 0 Å². The van der Waals surface area contributed by atoms with Crippen LogP contribution in [0.5, 0.6) is 0 Å². The molecule has 1 aliphatic rings. The molecule has 1 aliphatic heterocycles. The summed E-state index contributed by atoms with van der Waals surface area (Å²) < 4.78 is 6.76. The summed E-state index contributed by atoms with van der Waals surface area (Å²) in [4.78, 5) is 11.5. The largest absolute Gasteiger partial charge is 0.465 e. The quantitative estimate of drug-likeness (QED) is 0.615. The van der Waals surface area contributed by atoms with Gasteiger partial charge >= 0.3 is 5.97 Å². The van der Waals surface area contributed by atoms with Crippen LogP contribution in [0.25, 0.3) is 0 Å². The minimum Gasteiger partial charge on any atom is -0.465 e. The van der Waals surface area contributed by atoms with Crippen molar-refractivity contribution < 1.29 is 9.53 Å². The standard InChI is InChI=1S/C11H11Cl2NO2S/c1-16-11(15)7-5-10(9(13)6-8(7)12)14-3-2-4-17-14/h5-6H,2-4H2,1H3. The summed E-state index contributed by atoms with van der Waals surface area (Å²) in [7, 11) is 1.33. The van der Waals surface area contributed by atoms with Crippen LogP contribution in [0, 0.1) is 0 Å². The average molecular weight is 292 g/mol. The van der Waals surface area contributed by atoms with Crippen molar-refractivity contribution in [2.24, 2.45) is 0 Å². The van der Waals surface area contributed by atoms with E-state index in [0.29, 0.717) is 15.6 Å². The van der Waals surface area contributed by atoms with Crippen LogP contribution in [-0.2, 0) is 4.74 Å². The number of nitrogens with zero attached hydrogens (tertiary/aromatic N) is 1. The first-order chi connectivity index (χ1) is 8.13. The second-order valence-corrected chi connectivity index (χ2v) is 5.49. The van der Waals surface area contributed by atoms with E-state index in [2.05, 4.69) is 9.04 Å². The fourth-order valence-corrected chi connectivity index (χ4v) is 3.27. The summed E-state index contributed by atoms with van der Waals surface area (Å²) in [6.07, 6.45) is 1.11. The van der Waals surface area contributed by atoms with E-state index in [1.54, 1.807) is 24.1 Å². The lowest BCUT2D eigenvalue weighted by Crippen LogP contribution is -2.11. The van der Waals surface area contributed by atoms with Crippen LogP contribution in [0.2, 0.25) is 10.0 Å². The highest BCUT2D eigenvalue weighted by molar-refractivity contribution is 8.00. The van der Waals surface area contributed by atoms with Crippen molar-refractivity contribution in [2.75, 3.05) is 23.7 Å². The molecule has 0 aliphatic carbocycles. The smallest absolute Gasteiger partial charge is 0.339 e. The molecule has 0 unspecified atom stereocenters. The Morgan fingerprint density at radius 1 is 1.41 bits per heavy atom. The molecule has 0 saturated carbocycles. The van der Waals surface area contributed by atoms with Crippen molar-refractivity contribution in [3.63, 3.8) is 0 Å². The van der Waals surface area contributed by atoms with Gasteiger partial charge in [0.25, 0.3) is 0 Å². The molecule has 1 aromatic carbocycles. The van der Waals surface area contributed by atoms with E-state index in [9.17, 15) is 4.79 Å². The molecule has 92 valence electrons. The van der Waals surface area contributed by atoms with Crippen LogP contribution < -0.4 is 4.31 Å². The molecule has 17 heavy (non-hydrogen) atoms. The predicted octanol–water partition coefficient (Wildman–Crippen LogP) is 3.64. The van der Waals surface area contributed by atoms with E-state index in [4.69, 9.17) is 23.2 Å². The third-order valence-corrected chi connectivity index (χ3v) is 4.24. The summed E-state index contributed by atoms with van der Waals surface area (Å²) in [6.45, 7) is 0.923. The zero-order valence-electron chi connectivity index (χ0n) is 9.20. The highest BCUT2D eigenvalue weighted by atomic mass is 35.5. The Hall–Kier alpha value is -0.580. The van der Waals surface area contributed by atoms with Gasteiger partial charge in [-0.3, -0.25) is 0 Å². The molecule has 2 rings (SSSR count). The molecule has 0 spiro atoms. The number of halogens is 2.